The summed E-state index contributed by atoms with van der Waals surface area (Å²) in [5.74, 6) is 0.0662. The minimum absolute atomic E-state index is 0.0940. The van der Waals surface area contributed by atoms with E-state index in [1.54, 1.807) is 13.0 Å². The van der Waals surface area contributed by atoms with Gasteiger partial charge in [-0.25, -0.2) is 0 Å². The molecule has 0 unspecified atom stereocenters. The quantitative estimate of drug-likeness (QED) is 0.689. The topological polar surface area (TPSA) is 49.7 Å². The van der Waals surface area contributed by atoms with Crippen LogP contribution >= 0.6 is 0 Å². The summed E-state index contributed by atoms with van der Waals surface area (Å²) in [6.07, 6.45) is 0. The summed E-state index contributed by atoms with van der Waals surface area (Å²) in [6, 6.07) is 1.72. The maximum absolute atomic E-state index is 9.46. The van der Waals surface area contributed by atoms with E-state index in [0.29, 0.717) is 17.9 Å². The summed E-state index contributed by atoms with van der Waals surface area (Å²) in [5.41, 5.74) is 1.58. The van der Waals surface area contributed by atoms with E-state index in [1.165, 1.54) is 0 Å². The van der Waals surface area contributed by atoms with Crippen LogP contribution < -0.4 is 4.74 Å². The zero-order chi connectivity index (χ0) is 10.0. The molecule has 0 aliphatic carbocycles. The Bertz CT molecular complexity index is 318. The molecule has 13 heavy (non-hydrogen) atoms. The molecule has 0 amide bonds. The molecule has 0 fully saturated rings. The molecule has 0 aliphatic heterocycles. The summed E-state index contributed by atoms with van der Waals surface area (Å²) < 4.78 is 5.14. The third-order valence-electron chi connectivity index (χ3n) is 2.05. The third kappa shape index (κ3) is 1.69. The molecule has 0 aromatic heterocycles. The van der Waals surface area contributed by atoms with E-state index in [4.69, 9.17) is 4.74 Å². The van der Waals surface area contributed by atoms with Gasteiger partial charge < -0.3 is 14.9 Å². The van der Waals surface area contributed by atoms with E-state index in [1.807, 2.05) is 13.8 Å². The van der Waals surface area contributed by atoms with Crippen LogP contribution in [0.1, 0.15) is 18.1 Å². The van der Waals surface area contributed by atoms with E-state index in [9.17, 15) is 10.2 Å². The fraction of sp³-hybridized carbons (Fsp3) is 0.400. The van der Waals surface area contributed by atoms with Crippen LogP contribution in [0.2, 0.25) is 0 Å². The highest BCUT2D eigenvalue weighted by Crippen LogP contribution is 2.39. The van der Waals surface area contributed by atoms with Crippen molar-refractivity contribution in [3.8, 4) is 17.2 Å². The molecule has 0 atom stereocenters. The van der Waals surface area contributed by atoms with E-state index < -0.39 is 0 Å². The average molecular weight is 182 g/mol. The lowest BCUT2D eigenvalue weighted by Crippen LogP contribution is -1.94. The van der Waals surface area contributed by atoms with Crippen LogP contribution in [0.3, 0.4) is 0 Å². The molecule has 0 heterocycles. The first kappa shape index (κ1) is 9.71. The largest absolute Gasteiger partial charge is 0.504 e. The van der Waals surface area contributed by atoms with Crippen LogP contribution in [0.15, 0.2) is 6.07 Å². The van der Waals surface area contributed by atoms with E-state index in [2.05, 4.69) is 0 Å². The number of hydrogen-bond acceptors (Lipinski definition) is 3. The second kappa shape index (κ2) is 3.56. The minimum Gasteiger partial charge on any atom is -0.504 e. The highest BCUT2D eigenvalue weighted by molar-refractivity contribution is 5.56. The molecule has 0 radical (unpaired) electrons. The van der Waals surface area contributed by atoms with Crippen molar-refractivity contribution in [3.63, 3.8) is 0 Å². The lowest BCUT2D eigenvalue weighted by atomic mass is 10.1. The van der Waals surface area contributed by atoms with Crippen molar-refractivity contribution >= 4 is 0 Å². The number of rotatable bonds is 2. The van der Waals surface area contributed by atoms with Gasteiger partial charge in [-0.05, 0) is 38.0 Å². The lowest BCUT2D eigenvalue weighted by molar-refractivity contribution is 0.308. The molecule has 1 aromatic carbocycles. The van der Waals surface area contributed by atoms with Gasteiger partial charge in [-0.15, -0.1) is 0 Å². The van der Waals surface area contributed by atoms with Gasteiger partial charge in [0.1, 0.15) is 0 Å². The van der Waals surface area contributed by atoms with E-state index in [-0.39, 0.29) is 11.5 Å². The summed E-state index contributed by atoms with van der Waals surface area (Å²) in [5, 5.41) is 18.9. The van der Waals surface area contributed by atoms with Gasteiger partial charge in [0.2, 0.25) is 5.75 Å². The van der Waals surface area contributed by atoms with Gasteiger partial charge in [0, 0.05) is 0 Å². The van der Waals surface area contributed by atoms with Crippen molar-refractivity contribution in [1.29, 1.82) is 0 Å². The number of phenols is 2. The van der Waals surface area contributed by atoms with Crippen LogP contribution in [0.25, 0.3) is 0 Å². The maximum Gasteiger partial charge on any atom is 0.200 e. The molecule has 0 saturated heterocycles. The molecule has 0 aliphatic rings. The van der Waals surface area contributed by atoms with Gasteiger partial charge in [0.25, 0.3) is 0 Å². The molecule has 72 valence electrons. The molecule has 2 N–H and O–H groups in total. The first-order chi connectivity index (χ1) is 6.07. The number of ether oxygens (including phenoxy) is 1. The molecule has 3 heteroatoms. The van der Waals surface area contributed by atoms with Crippen LogP contribution in [-0.2, 0) is 0 Å². The minimum atomic E-state index is -0.176. The fourth-order valence-corrected chi connectivity index (χ4v) is 1.12. The predicted molar refractivity (Wildman–Crippen MR) is 50.4 cm³/mol. The van der Waals surface area contributed by atoms with E-state index in [0.717, 1.165) is 5.56 Å². The van der Waals surface area contributed by atoms with Crippen molar-refractivity contribution < 1.29 is 14.9 Å². The molecular formula is C10H14O3. The Kier molecular flexibility index (Phi) is 2.66. The molecule has 3 nitrogen and oxygen atoms in total. The first-order valence-corrected chi connectivity index (χ1v) is 4.22. The summed E-state index contributed by atoms with van der Waals surface area (Å²) in [7, 11) is 0. The molecular weight excluding hydrogens is 168 g/mol. The number of aromatic hydroxyl groups is 2. The van der Waals surface area contributed by atoms with Crippen molar-refractivity contribution in [2.75, 3.05) is 6.61 Å². The molecule has 1 aromatic rings. The molecule has 1 rings (SSSR count). The Balaban J connectivity index is 3.24. The van der Waals surface area contributed by atoms with E-state index >= 15 is 0 Å². The number of aryl methyl sites for hydroxylation is 1. The van der Waals surface area contributed by atoms with Gasteiger partial charge in [-0.1, -0.05) is 0 Å². The zero-order valence-corrected chi connectivity index (χ0v) is 8.09. The van der Waals surface area contributed by atoms with Gasteiger partial charge >= 0.3 is 0 Å². The van der Waals surface area contributed by atoms with Crippen molar-refractivity contribution in [3.05, 3.63) is 17.2 Å². The molecule has 0 bridgehead atoms. The van der Waals surface area contributed by atoms with Crippen LogP contribution in [0, 0.1) is 13.8 Å². The Morgan fingerprint density at radius 1 is 1.23 bits per heavy atom. The monoisotopic (exact) mass is 182 g/mol. The maximum atomic E-state index is 9.46. The SMILES string of the molecule is CCOc1cc(C)c(C)c(O)c1O. The smallest absolute Gasteiger partial charge is 0.200 e. The Hall–Kier alpha value is -1.38. The second-order valence-electron chi connectivity index (χ2n) is 2.95. The normalized spacial score (nSPS) is 10.1. The van der Waals surface area contributed by atoms with Crippen LogP contribution in [-0.4, -0.2) is 16.8 Å². The summed E-state index contributed by atoms with van der Waals surface area (Å²) in [6.45, 7) is 5.90. The molecule has 0 saturated carbocycles. The highest BCUT2D eigenvalue weighted by atomic mass is 16.5. The second-order valence-corrected chi connectivity index (χ2v) is 2.95. The summed E-state index contributed by atoms with van der Waals surface area (Å²) in [4.78, 5) is 0. The van der Waals surface area contributed by atoms with Gasteiger partial charge in [0.15, 0.2) is 11.5 Å². The number of benzene rings is 1. The lowest BCUT2D eigenvalue weighted by Gasteiger charge is -2.11. The fourth-order valence-electron chi connectivity index (χ4n) is 1.12. The summed E-state index contributed by atoms with van der Waals surface area (Å²) >= 11 is 0. The van der Waals surface area contributed by atoms with Crippen LogP contribution in [0.5, 0.6) is 17.2 Å². The Morgan fingerprint density at radius 2 is 1.85 bits per heavy atom. The Labute approximate surface area is 77.6 Å². The van der Waals surface area contributed by atoms with Crippen molar-refractivity contribution in [2.45, 2.75) is 20.8 Å². The van der Waals surface area contributed by atoms with Gasteiger partial charge in [-0.2, -0.15) is 0 Å². The van der Waals surface area contributed by atoms with Crippen molar-refractivity contribution in [1.82, 2.24) is 0 Å². The Morgan fingerprint density at radius 3 is 2.38 bits per heavy atom. The highest BCUT2D eigenvalue weighted by Gasteiger charge is 2.12. The number of hydrogen-bond donors (Lipinski definition) is 2. The predicted octanol–water partition coefficient (Wildman–Crippen LogP) is 2.11. The van der Waals surface area contributed by atoms with Gasteiger partial charge in [-0.3, -0.25) is 0 Å². The standard InChI is InChI=1S/C10H14O3/c1-4-13-8-5-6(2)7(3)9(11)10(8)12/h5,11-12H,4H2,1-3H3. The average Bonchev–Trinajstić information content (AvgIpc) is 2.11. The zero-order valence-electron chi connectivity index (χ0n) is 8.09. The third-order valence-corrected chi connectivity index (χ3v) is 2.05. The number of phenolic OH excluding ortho intramolecular Hbond substituents is 2. The van der Waals surface area contributed by atoms with Crippen LogP contribution in [0.4, 0.5) is 0 Å². The van der Waals surface area contributed by atoms with Gasteiger partial charge in [0.05, 0.1) is 6.61 Å². The van der Waals surface area contributed by atoms with Crippen molar-refractivity contribution in [2.24, 2.45) is 0 Å². The first-order valence-electron chi connectivity index (χ1n) is 4.22. The molecule has 0 spiro atoms.